The van der Waals surface area contributed by atoms with E-state index < -0.39 is 0 Å². The van der Waals surface area contributed by atoms with Gasteiger partial charge in [0.1, 0.15) is 6.10 Å². The largest absolute Gasteiger partial charge is 0.469 e. The fourth-order valence-electron chi connectivity index (χ4n) is 3.17. The third-order valence-electron chi connectivity index (χ3n) is 4.74. The third kappa shape index (κ3) is 9.67. The van der Waals surface area contributed by atoms with Crippen LogP contribution in [0.25, 0.3) is 0 Å². The van der Waals surface area contributed by atoms with Gasteiger partial charge in [-0.1, -0.05) is 38.0 Å². The van der Waals surface area contributed by atoms with Crippen LogP contribution in [0.1, 0.15) is 78.1 Å². The molecule has 0 fully saturated rings. The van der Waals surface area contributed by atoms with Gasteiger partial charge in [-0.3, -0.25) is 14.4 Å². The maximum Gasteiger partial charge on any atom is 0.305 e. The van der Waals surface area contributed by atoms with Crippen LogP contribution in [0.2, 0.25) is 0 Å². The van der Waals surface area contributed by atoms with Crippen molar-refractivity contribution in [1.29, 1.82) is 0 Å². The smallest absolute Gasteiger partial charge is 0.305 e. The molecule has 0 amide bonds. The predicted octanol–water partition coefficient (Wildman–Crippen LogP) is 5.00. The van der Waals surface area contributed by atoms with Gasteiger partial charge in [0.2, 0.25) is 0 Å². The third-order valence-corrected chi connectivity index (χ3v) is 4.74. The van der Waals surface area contributed by atoms with E-state index in [2.05, 4.69) is 11.7 Å². The zero-order chi connectivity index (χ0) is 20.8. The molecule has 0 bridgehead atoms. The van der Waals surface area contributed by atoms with E-state index in [4.69, 9.17) is 4.74 Å². The average molecular weight is 391 g/mol. The van der Waals surface area contributed by atoms with Crippen LogP contribution in [-0.2, 0) is 23.9 Å². The van der Waals surface area contributed by atoms with E-state index in [1.807, 2.05) is 24.3 Å². The van der Waals surface area contributed by atoms with Crippen molar-refractivity contribution in [1.82, 2.24) is 0 Å². The Morgan fingerprint density at radius 2 is 1.93 bits per heavy atom. The molecule has 0 aromatic heterocycles. The summed E-state index contributed by atoms with van der Waals surface area (Å²) in [5.41, 5.74) is 1.88. The maximum atomic E-state index is 12.2. The number of methoxy groups -OCH3 is 1. The number of ketones is 1. The number of carbonyl (C=O) groups is 3. The summed E-state index contributed by atoms with van der Waals surface area (Å²) in [7, 11) is 1.39. The van der Waals surface area contributed by atoms with Crippen molar-refractivity contribution >= 4 is 17.7 Å². The van der Waals surface area contributed by atoms with Crippen molar-refractivity contribution in [2.45, 2.75) is 84.2 Å². The zero-order valence-electron chi connectivity index (χ0n) is 17.5. The van der Waals surface area contributed by atoms with Gasteiger partial charge < -0.3 is 9.47 Å². The molecule has 0 saturated heterocycles. The summed E-state index contributed by atoms with van der Waals surface area (Å²) >= 11 is 0. The van der Waals surface area contributed by atoms with Gasteiger partial charge in [0.05, 0.1) is 7.11 Å². The molecule has 0 saturated carbocycles. The Morgan fingerprint density at radius 3 is 2.61 bits per heavy atom. The van der Waals surface area contributed by atoms with Gasteiger partial charge in [-0.25, -0.2) is 0 Å². The molecule has 0 aliphatic heterocycles. The Bertz CT molecular complexity index is 612. The standard InChI is InChI=1S/C23H34O5/c1-4-5-8-11-20(28-18(2)24)16-14-19-15-17-22(25)21(19)12-9-6-7-10-13-23(26)27-3/h6,9,14,16,20H,4-5,7-8,10-13,15,17H2,1-3H3. The maximum absolute atomic E-state index is 12.2. The van der Waals surface area contributed by atoms with Crippen molar-refractivity contribution in [2.75, 3.05) is 7.11 Å². The molecule has 0 N–H and O–H groups in total. The number of esters is 2. The fourth-order valence-corrected chi connectivity index (χ4v) is 3.17. The number of hydrogen-bond acceptors (Lipinski definition) is 5. The summed E-state index contributed by atoms with van der Waals surface area (Å²) in [6.45, 7) is 3.57. The van der Waals surface area contributed by atoms with Gasteiger partial charge >= 0.3 is 11.9 Å². The van der Waals surface area contributed by atoms with Crippen LogP contribution in [0.4, 0.5) is 0 Å². The summed E-state index contributed by atoms with van der Waals surface area (Å²) in [6, 6.07) is 0. The van der Waals surface area contributed by atoms with Crippen LogP contribution in [-0.4, -0.2) is 30.9 Å². The molecule has 156 valence electrons. The van der Waals surface area contributed by atoms with E-state index >= 15 is 0 Å². The molecule has 5 nitrogen and oxygen atoms in total. The van der Waals surface area contributed by atoms with Gasteiger partial charge in [-0.2, -0.15) is 0 Å². The zero-order valence-corrected chi connectivity index (χ0v) is 17.5. The van der Waals surface area contributed by atoms with E-state index in [-0.39, 0.29) is 23.8 Å². The molecule has 1 rings (SSSR count). The second kappa shape index (κ2) is 13.9. The molecule has 1 unspecified atom stereocenters. The van der Waals surface area contributed by atoms with E-state index in [0.717, 1.165) is 56.1 Å². The van der Waals surface area contributed by atoms with Crippen LogP contribution < -0.4 is 0 Å². The number of hydrogen-bond donors (Lipinski definition) is 0. The molecule has 1 atom stereocenters. The highest BCUT2D eigenvalue weighted by Gasteiger charge is 2.20. The molecule has 0 heterocycles. The van der Waals surface area contributed by atoms with Gasteiger partial charge in [0.25, 0.3) is 0 Å². The molecule has 28 heavy (non-hydrogen) atoms. The van der Waals surface area contributed by atoms with Gasteiger partial charge in [0, 0.05) is 25.3 Å². The van der Waals surface area contributed by atoms with Crippen LogP contribution in [0.15, 0.2) is 35.5 Å². The molecule has 0 aromatic carbocycles. The van der Waals surface area contributed by atoms with E-state index in [1.54, 1.807) is 0 Å². The van der Waals surface area contributed by atoms with E-state index in [9.17, 15) is 14.4 Å². The number of allylic oxidation sites excluding steroid dienone is 5. The Labute approximate surface area is 168 Å². The van der Waals surface area contributed by atoms with Crippen LogP contribution in [0.5, 0.6) is 0 Å². The summed E-state index contributed by atoms with van der Waals surface area (Å²) in [4.78, 5) is 34.6. The highest BCUT2D eigenvalue weighted by Crippen LogP contribution is 2.27. The summed E-state index contributed by atoms with van der Waals surface area (Å²) < 4.78 is 10.0. The lowest BCUT2D eigenvalue weighted by molar-refractivity contribution is -0.144. The number of Topliss-reactive ketones (excluding diaryl/α,β-unsaturated/α-hetero) is 1. The number of carbonyl (C=O) groups excluding carboxylic acids is 3. The van der Waals surface area contributed by atoms with Crippen molar-refractivity contribution in [3.8, 4) is 0 Å². The molecular formula is C23H34O5. The molecule has 5 heteroatoms. The van der Waals surface area contributed by atoms with Crippen LogP contribution >= 0.6 is 0 Å². The Hall–Kier alpha value is -2.17. The molecule has 1 aliphatic rings. The first-order valence-corrected chi connectivity index (χ1v) is 10.3. The number of ether oxygens (including phenoxy) is 2. The first kappa shape index (κ1) is 23.9. The Kier molecular flexibility index (Phi) is 11.9. The fraction of sp³-hybridized carbons (Fsp3) is 0.609. The first-order chi connectivity index (χ1) is 13.5. The minimum atomic E-state index is -0.280. The lowest BCUT2D eigenvalue weighted by Gasteiger charge is -2.13. The summed E-state index contributed by atoms with van der Waals surface area (Å²) in [5, 5.41) is 0. The highest BCUT2D eigenvalue weighted by atomic mass is 16.5. The van der Waals surface area contributed by atoms with E-state index in [1.165, 1.54) is 14.0 Å². The normalized spacial score (nSPS) is 15.6. The lowest BCUT2D eigenvalue weighted by Crippen LogP contribution is -2.13. The second-order valence-electron chi connectivity index (χ2n) is 7.07. The lowest BCUT2D eigenvalue weighted by atomic mass is 10.0. The predicted molar refractivity (Wildman–Crippen MR) is 110 cm³/mol. The molecule has 0 spiro atoms. The summed E-state index contributed by atoms with van der Waals surface area (Å²) in [5.74, 6) is -0.289. The monoisotopic (exact) mass is 390 g/mol. The first-order valence-electron chi connectivity index (χ1n) is 10.3. The van der Waals surface area contributed by atoms with Crippen LogP contribution in [0.3, 0.4) is 0 Å². The minimum Gasteiger partial charge on any atom is -0.469 e. The highest BCUT2D eigenvalue weighted by molar-refractivity contribution is 5.99. The van der Waals surface area contributed by atoms with Crippen molar-refractivity contribution < 1.29 is 23.9 Å². The Morgan fingerprint density at radius 1 is 1.14 bits per heavy atom. The quantitative estimate of drug-likeness (QED) is 0.251. The molecule has 0 radical (unpaired) electrons. The molecule has 1 aliphatic carbocycles. The van der Waals surface area contributed by atoms with Gasteiger partial charge in [-0.05, 0) is 50.2 Å². The van der Waals surface area contributed by atoms with Gasteiger partial charge in [-0.15, -0.1) is 0 Å². The minimum absolute atomic E-state index is 0.189. The molecule has 0 aromatic rings. The average Bonchev–Trinajstić information content (AvgIpc) is 3.01. The molecular weight excluding hydrogens is 356 g/mol. The second-order valence-corrected chi connectivity index (χ2v) is 7.07. The van der Waals surface area contributed by atoms with Gasteiger partial charge in [0.15, 0.2) is 5.78 Å². The topological polar surface area (TPSA) is 69.7 Å². The number of unbranched alkanes of at least 4 members (excludes halogenated alkanes) is 3. The van der Waals surface area contributed by atoms with E-state index in [0.29, 0.717) is 19.3 Å². The SMILES string of the molecule is CCCCCC(C=CC1=C(CC=CCCCC(=O)OC)C(=O)CC1)OC(C)=O. The summed E-state index contributed by atoms with van der Waals surface area (Å²) in [6.07, 6.45) is 15.5. The van der Waals surface area contributed by atoms with Crippen LogP contribution in [0, 0.1) is 0 Å². The van der Waals surface area contributed by atoms with Crippen molar-refractivity contribution in [3.05, 3.63) is 35.5 Å². The van der Waals surface area contributed by atoms with Crippen molar-refractivity contribution in [2.24, 2.45) is 0 Å². The number of rotatable bonds is 13. The Balaban J connectivity index is 2.63. The van der Waals surface area contributed by atoms with Crippen molar-refractivity contribution in [3.63, 3.8) is 0 Å².